The van der Waals surface area contributed by atoms with Crippen molar-refractivity contribution >= 4 is 6.03 Å². The maximum absolute atomic E-state index is 12.7. The summed E-state index contributed by atoms with van der Waals surface area (Å²) in [4.78, 5) is 21.7. The van der Waals surface area contributed by atoms with E-state index in [1.165, 1.54) is 44.2 Å². The molecule has 1 atom stereocenters. The lowest BCUT2D eigenvalue weighted by atomic mass is 9.60. The van der Waals surface area contributed by atoms with Crippen molar-refractivity contribution in [3.63, 3.8) is 0 Å². The second-order valence-corrected chi connectivity index (χ2v) is 9.64. The quantitative estimate of drug-likeness (QED) is 0.779. The second kappa shape index (κ2) is 8.99. The van der Waals surface area contributed by atoms with Gasteiger partial charge in [0.25, 0.3) is 0 Å². The summed E-state index contributed by atoms with van der Waals surface area (Å²) < 4.78 is 0. The predicted octanol–water partition coefficient (Wildman–Crippen LogP) is 4.76. The highest BCUT2D eigenvalue weighted by Gasteiger charge is 2.54. The smallest absolute Gasteiger partial charge is 0.317 e. The van der Waals surface area contributed by atoms with Crippen LogP contribution in [-0.2, 0) is 6.54 Å². The van der Waals surface area contributed by atoms with E-state index in [0.29, 0.717) is 24.0 Å². The third-order valence-electron chi connectivity index (χ3n) is 7.79. The van der Waals surface area contributed by atoms with E-state index in [1.807, 2.05) is 35.5 Å². The summed E-state index contributed by atoms with van der Waals surface area (Å²) in [5.74, 6) is 0. The number of amides is 2. The standard InChI is InChI=1S/C26H34N4O/c31-25(28-19-21-7-3-1-4-8-21)29-17-11-23(12-18-29)30-20-26(13-5-2-6-14-26)24(30)22-9-15-27-16-10-22/h1,3-4,7-10,15-16,23-24H,2,5-6,11-14,17-20H2,(H,28,31). The fourth-order valence-electron chi connectivity index (χ4n) is 6.18. The molecule has 1 aliphatic carbocycles. The van der Waals surface area contributed by atoms with Gasteiger partial charge in [0.05, 0.1) is 0 Å². The SMILES string of the molecule is O=C(NCc1ccccc1)N1CCC(N2CC3(CCCCC3)C2c2ccncc2)CC1. The highest BCUT2D eigenvalue weighted by Crippen LogP contribution is 2.58. The van der Waals surface area contributed by atoms with Gasteiger partial charge in [-0.1, -0.05) is 49.6 Å². The summed E-state index contributed by atoms with van der Waals surface area (Å²) in [6, 6.07) is 15.7. The van der Waals surface area contributed by atoms with Crippen molar-refractivity contribution in [2.75, 3.05) is 19.6 Å². The number of rotatable bonds is 4. The molecule has 1 aromatic heterocycles. The Morgan fingerprint density at radius 1 is 1.00 bits per heavy atom. The van der Waals surface area contributed by atoms with Gasteiger partial charge in [0.2, 0.25) is 0 Å². The van der Waals surface area contributed by atoms with Crippen LogP contribution in [0.15, 0.2) is 54.9 Å². The fourth-order valence-corrected chi connectivity index (χ4v) is 6.18. The van der Waals surface area contributed by atoms with E-state index in [-0.39, 0.29) is 6.03 Å². The number of nitrogens with zero attached hydrogens (tertiary/aromatic N) is 3. The van der Waals surface area contributed by atoms with Crippen LogP contribution in [0.2, 0.25) is 0 Å². The monoisotopic (exact) mass is 418 g/mol. The average molecular weight is 419 g/mol. The van der Waals surface area contributed by atoms with Gasteiger partial charge in [0, 0.05) is 56.1 Å². The number of carbonyl (C=O) groups is 1. The summed E-state index contributed by atoms with van der Waals surface area (Å²) in [5, 5.41) is 3.09. The normalized spacial score (nSPS) is 24.0. The van der Waals surface area contributed by atoms with Crippen molar-refractivity contribution in [1.82, 2.24) is 20.1 Å². The minimum absolute atomic E-state index is 0.0698. The molecule has 1 saturated carbocycles. The molecule has 2 aliphatic heterocycles. The van der Waals surface area contributed by atoms with Crippen molar-refractivity contribution in [2.24, 2.45) is 5.41 Å². The Morgan fingerprint density at radius 3 is 2.42 bits per heavy atom. The van der Waals surface area contributed by atoms with Gasteiger partial charge in [-0.3, -0.25) is 9.88 Å². The lowest BCUT2D eigenvalue weighted by Crippen LogP contribution is -2.64. The van der Waals surface area contributed by atoms with Gasteiger partial charge < -0.3 is 10.2 Å². The highest BCUT2D eigenvalue weighted by atomic mass is 16.2. The Bertz CT molecular complexity index is 857. The van der Waals surface area contributed by atoms with E-state index < -0.39 is 0 Å². The Morgan fingerprint density at radius 2 is 1.71 bits per heavy atom. The Labute approximate surface area is 185 Å². The van der Waals surface area contributed by atoms with Gasteiger partial charge in [-0.2, -0.15) is 0 Å². The first-order valence-corrected chi connectivity index (χ1v) is 12.0. The van der Waals surface area contributed by atoms with Crippen LogP contribution < -0.4 is 5.32 Å². The molecule has 5 nitrogen and oxygen atoms in total. The van der Waals surface area contributed by atoms with Crippen LogP contribution in [0.5, 0.6) is 0 Å². The summed E-state index contributed by atoms with van der Waals surface area (Å²) in [6.07, 6.45) is 12.9. The minimum atomic E-state index is 0.0698. The van der Waals surface area contributed by atoms with E-state index in [1.54, 1.807) is 0 Å². The predicted molar refractivity (Wildman–Crippen MR) is 122 cm³/mol. The molecular weight excluding hydrogens is 384 g/mol. The molecule has 5 rings (SSSR count). The van der Waals surface area contributed by atoms with Crippen molar-refractivity contribution in [1.29, 1.82) is 0 Å². The molecule has 1 aromatic carbocycles. The molecule has 3 fully saturated rings. The Balaban J connectivity index is 1.19. The molecule has 164 valence electrons. The maximum Gasteiger partial charge on any atom is 0.317 e. The summed E-state index contributed by atoms with van der Waals surface area (Å²) in [7, 11) is 0. The molecule has 2 aromatic rings. The second-order valence-electron chi connectivity index (χ2n) is 9.64. The topological polar surface area (TPSA) is 48.5 Å². The number of nitrogens with one attached hydrogen (secondary N) is 1. The van der Waals surface area contributed by atoms with Crippen LogP contribution in [0.25, 0.3) is 0 Å². The molecule has 1 N–H and O–H groups in total. The molecule has 0 bridgehead atoms. The van der Waals surface area contributed by atoms with E-state index >= 15 is 0 Å². The Hall–Kier alpha value is -2.40. The molecule has 5 heteroatoms. The van der Waals surface area contributed by atoms with Crippen LogP contribution in [0.4, 0.5) is 4.79 Å². The zero-order valence-corrected chi connectivity index (χ0v) is 18.4. The number of likely N-dealkylation sites (tertiary alicyclic amines) is 2. The lowest BCUT2D eigenvalue weighted by molar-refractivity contribution is -0.132. The first-order chi connectivity index (χ1) is 15.3. The fraction of sp³-hybridized carbons (Fsp3) is 0.538. The molecule has 2 saturated heterocycles. The third kappa shape index (κ3) is 4.20. The molecule has 3 heterocycles. The van der Waals surface area contributed by atoms with Gasteiger partial charge in [0.15, 0.2) is 0 Å². The molecule has 0 radical (unpaired) electrons. The number of pyridine rings is 1. The van der Waals surface area contributed by atoms with E-state index in [0.717, 1.165) is 31.5 Å². The number of aromatic nitrogens is 1. The van der Waals surface area contributed by atoms with Gasteiger partial charge in [-0.25, -0.2) is 4.79 Å². The maximum atomic E-state index is 12.7. The van der Waals surface area contributed by atoms with Crippen LogP contribution in [0.3, 0.4) is 0 Å². The first-order valence-electron chi connectivity index (χ1n) is 12.0. The number of piperidine rings is 1. The van der Waals surface area contributed by atoms with Crippen LogP contribution in [-0.4, -0.2) is 46.5 Å². The van der Waals surface area contributed by atoms with Gasteiger partial charge in [-0.05, 0) is 48.9 Å². The molecule has 2 amide bonds. The highest BCUT2D eigenvalue weighted by molar-refractivity contribution is 5.74. The molecule has 1 unspecified atom stereocenters. The van der Waals surface area contributed by atoms with Crippen molar-refractivity contribution < 1.29 is 4.79 Å². The summed E-state index contributed by atoms with van der Waals surface area (Å²) in [5.41, 5.74) is 3.04. The number of hydrogen-bond donors (Lipinski definition) is 1. The van der Waals surface area contributed by atoms with Crippen molar-refractivity contribution in [3.05, 3.63) is 66.0 Å². The number of urea groups is 1. The van der Waals surface area contributed by atoms with Gasteiger partial charge in [0.1, 0.15) is 0 Å². The average Bonchev–Trinajstić information content (AvgIpc) is 2.83. The summed E-state index contributed by atoms with van der Waals surface area (Å²) in [6.45, 7) is 3.51. The van der Waals surface area contributed by atoms with Crippen LogP contribution >= 0.6 is 0 Å². The van der Waals surface area contributed by atoms with Crippen molar-refractivity contribution in [2.45, 2.75) is 63.6 Å². The zero-order chi connectivity index (χ0) is 21.1. The van der Waals surface area contributed by atoms with Gasteiger partial charge in [-0.15, -0.1) is 0 Å². The van der Waals surface area contributed by atoms with Crippen molar-refractivity contribution in [3.8, 4) is 0 Å². The van der Waals surface area contributed by atoms with Crippen LogP contribution in [0.1, 0.15) is 62.1 Å². The van der Waals surface area contributed by atoms with E-state index in [4.69, 9.17) is 0 Å². The third-order valence-corrected chi connectivity index (χ3v) is 7.79. The van der Waals surface area contributed by atoms with E-state index in [2.05, 4.69) is 39.5 Å². The summed E-state index contributed by atoms with van der Waals surface area (Å²) >= 11 is 0. The van der Waals surface area contributed by atoms with Gasteiger partial charge >= 0.3 is 6.03 Å². The number of hydrogen-bond acceptors (Lipinski definition) is 3. The molecule has 31 heavy (non-hydrogen) atoms. The number of carbonyl (C=O) groups excluding carboxylic acids is 1. The lowest BCUT2D eigenvalue weighted by Gasteiger charge is -2.63. The molecule has 3 aliphatic rings. The minimum Gasteiger partial charge on any atom is -0.334 e. The Kier molecular flexibility index (Phi) is 5.95. The van der Waals surface area contributed by atoms with Crippen LogP contribution in [0, 0.1) is 5.41 Å². The molecular formula is C26H34N4O. The van der Waals surface area contributed by atoms with E-state index in [9.17, 15) is 4.79 Å². The zero-order valence-electron chi connectivity index (χ0n) is 18.4. The first kappa shape index (κ1) is 20.5. The molecule has 1 spiro atoms. The number of benzene rings is 1. The largest absolute Gasteiger partial charge is 0.334 e.